The van der Waals surface area contributed by atoms with E-state index >= 15 is 0 Å². The van der Waals surface area contributed by atoms with Crippen molar-refractivity contribution in [3.8, 4) is 0 Å². The monoisotopic (exact) mass is 117 g/mol. The summed E-state index contributed by atoms with van der Waals surface area (Å²) in [6.07, 6.45) is 0. The molecule has 8 heavy (non-hydrogen) atoms. The summed E-state index contributed by atoms with van der Waals surface area (Å²) >= 11 is 0. The van der Waals surface area contributed by atoms with Crippen molar-refractivity contribution >= 4 is 0 Å². The molecule has 1 rings (SSSR count). The van der Waals surface area contributed by atoms with Gasteiger partial charge in [-0.15, -0.1) is 0 Å². The summed E-state index contributed by atoms with van der Waals surface area (Å²) < 4.78 is 11.9. The Bertz CT molecular complexity index is 74.9. The first kappa shape index (κ1) is 6.02. The van der Waals surface area contributed by atoms with Gasteiger partial charge in [-0.05, 0) is 12.5 Å². The minimum absolute atomic E-state index is 0.159. The summed E-state index contributed by atoms with van der Waals surface area (Å²) in [5.74, 6) is 0.829. The van der Waals surface area contributed by atoms with Gasteiger partial charge in [0.15, 0.2) is 0 Å². The summed E-state index contributed by atoms with van der Waals surface area (Å²) in [6.45, 7) is 3.80. The third-order valence-electron chi connectivity index (χ3n) is 1.88. The van der Waals surface area contributed by atoms with Crippen molar-refractivity contribution < 1.29 is 4.39 Å². The number of halogens is 1. The van der Waals surface area contributed by atoms with Crippen molar-refractivity contribution in [3.63, 3.8) is 0 Å². The van der Waals surface area contributed by atoms with Gasteiger partial charge in [0.25, 0.3) is 0 Å². The van der Waals surface area contributed by atoms with E-state index < -0.39 is 0 Å². The maximum Gasteiger partial charge on any atom is 0.0937 e. The van der Waals surface area contributed by atoms with Gasteiger partial charge in [-0.1, -0.05) is 6.92 Å². The highest BCUT2D eigenvalue weighted by Crippen LogP contribution is 2.15. The van der Waals surface area contributed by atoms with Crippen LogP contribution in [0.3, 0.4) is 0 Å². The topological polar surface area (TPSA) is 12.0 Å². The fraction of sp³-hybridized carbons (Fsp3) is 1.00. The van der Waals surface area contributed by atoms with Crippen LogP contribution in [0.1, 0.15) is 6.92 Å². The molecule has 2 heteroatoms. The highest BCUT2D eigenvalue weighted by Gasteiger charge is 2.21. The van der Waals surface area contributed by atoms with E-state index in [0.29, 0.717) is 5.92 Å². The Morgan fingerprint density at radius 2 is 2.38 bits per heavy atom. The fourth-order valence-electron chi connectivity index (χ4n) is 1.07. The molecule has 2 atom stereocenters. The molecule has 1 aliphatic rings. The predicted molar refractivity (Wildman–Crippen MR) is 31.5 cm³/mol. The molecular weight excluding hydrogens is 105 g/mol. The highest BCUT2D eigenvalue weighted by atomic mass is 19.1. The molecule has 0 bridgehead atoms. The maximum atomic E-state index is 11.9. The number of hydrogen-bond donors (Lipinski definition) is 1. The lowest BCUT2D eigenvalue weighted by Crippen LogP contribution is -2.11. The zero-order valence-electron chi connectivity index (χ0n) is 5.15. The van der Waals surface area contributed by atoms with Gasteiger partial charge in [0.05, 0.1) is 6.67 Å². The molecule has 1 nitrogen and oxygen atoms in total. The molecule has 0 saturated carbocycles. The Kier molecular flexibility index (Phi) is 1.84. The minimum Gasteiger partial charge on any atom is -0.316 e. The van der Waals surface area contributed by atoms with E-state index in [-0.39, 0.29) is 12.6 Å². The molecule has 0 aromatic carbocycles. The van der Waals surface area contributed by atoms with Crippen molar-refractivity contribution in [1.82, 2.24) is 5.32 Å². The molecular formula is C6H12FN. The van der Waals surface area contributed by atoms with E-state index in [1.165, 1.54) is 0 Å². The number of rotatable bonds is 1. The van der Waals surface area contributed by atoms with Gasteiger partial charge in [0.2, 0.25) is 0 Å². The molecule has 0 radical (unpaired) electrons. The second-order valence-corrected chi connectivity index (χ2v) is 2.55. The molecule has 0 aliphatic carbocycles. The number of alkyl halides is 1. The van der Waals surface area contributed by atoms with Crippen LogP contribution in [0.4, 0.5) is 4.39 Å². The molecule has 1 N–H and O–H groups in total. The average molecular weight is 117 g/mol. The Morgan fingerprint density at radius 3 is 2.62 bits per heavy atom. The van der Waals surface area contributed by atoms with Crippen LogP contribution in [0.5, 0.6) is 0 Å². The normalized spacial score (nSPS) is 38.2. The van der Waals surface area contributed by atoms with Crippen LogP contribution >= 0.6 is 0 Å². The maximum absolute atomic E-state index is 11.9. The second kappa shape index (κ2) is 2.44. The number of nitrogens with one attached hydrogen (secondary N) is 1. The lowest BCUT2D eigenvalue weighted by molar-refractivity contribution is 0.329. The summed E-state index contributed by atoms with van der Waals surface area (Å²) in [5.41, 5.74) is 0. The largest absolute Gasteiger partial charge is 0.316 e. The molecule has 1 saturated heterocycles. The van der Waals surface area contributed by atoms with E-state index in [9.17, 15) is 4.39 Å². The molecule has 0 unspecified atom stereocenters. The van der Waals surface area contributed by atoms with Crippen LogP contribution in [0.25, 0.3) is 0 Å². The van der Waals surface area contributed by atoms with Crippen molar-refractivity contribution in [2.75, 3.05) is 19.8 Å². The molecule has 0 spiro atoms. The lowest BCUT2D eigenvalue weighted by Gasteiger charge is -2.06. The van der Waals surface area contributed by atoms with Crippen LogP contribution in [0.15, 0.2) is 0 Å². The molecule has 1 aliphatic heterocycles. The first-order valence-corrected chi connectivity index (χ1v) is 3.11. The lowest BCUT2D eigenvalue weighted by atomic mass is 10.0. The molecule has 1 heterocycles. The van der Waals surface area contributed by atoms with Crippen LogP contribution < -0.4 is 5.32 Å². The SMILES string of the molecule is C[C@H]1CNC[C@@H]1CF. The Balaban J connectivity index is 2.30. The first-order valence-electron chi connectivity index (χ1n) is 3.11. The molecule has 0 amide bonds. The summed E-state index contributed by atoms with van der Waals surface area (Å²) in [4.78, 5) is 0. The molecule has 0 aromatic heterocycles. The fourth-order valence-corrected chi connectivity index (χ4v) is 1.07. The van der Waals surface area contributed by atoms with Gasteiger partial charge in [0, 0.05) is 12.5 Å². The Morgan fingerprint density at radius 1 is 1.62 bits per heavy atom. The standard InChI is InChI=1S/C6H12FN/c1-5-3-8-4-6(5)2-7/h5-6,8H,2-4H2,1H3/t5-,6-/m0/s1. The van der Waals surface area contributed by atoms with Crippen LogP contribution in [-0.2, 0) is 0 Å². The van der Waals surface area contributed by atoms with Gasteiger partial charge in [0.1, 0.15) is 0 Å². The van der Waals surface area contributed by atoms with E-state index in [0.717, 1.165) is 13.1 Å². The van der Waals surface area contributed by atoms with Crippen LogP contribution in [-0.4, -0.2) is 19.8 Å². The van der Waals surface area contributed by atoms with Gasteiger partial charge in [-0.2, -0.15) is 0 Å². The summed E-state index contributed by atoms with van der Waals surface area (Å²) in [7, 11) is 0. The van der Waals surface area contributed by atoms with E-state index in [1.807, 2.05) is 0 Å². The van der Waals surface area contributed by atoms with Gasteiger partial charge in [-0.3, -0.25) is 4.39 Å². The summed E-state index contributed by atoms with van der Waals surface area (Å²) in [6, 6.07) is 0. The van der Waals surface area contributed by atoms with Gasteiger partial charge in [-0.25, -0.2) is 0 Å². The second-order valence-electron chi connectivity index (χ2n) is 2.55. The quantitative estimate of drug-likeness (QED) is 0.536. The first-order chi connectivity index (χ1) is 3.84. The van der Waals surface area contributed by atoms with Crippen molar-refractivity contribution in [3.05, 3.63) is 0 Å². The highest BCUT2D eigenvalue weighted by molar-refractivity contribution is 4.76. The Hall–Kier alpha value is -0.110. The third-order valence-corrected chi connectivity index (χ3v) is 1.88. The molecule has 48 valence electrons. The third kappa shape index (κ3) is 0.996. The zero-order chi connectivity index (χ0) is 5.98. The van der Waals surface area contributed by atoms with E-state index in [1.54, 1.807) is 0 Å². The summed E-state index contributed by atoms with van der Waals surface area (Å²) in [5, 5.41) is 3.13. The van der Waals surface area contributed by atoms with Crippen molar-refractivity contribution in [2.24, 2.45) is 11.8 Å². The van der Waals surface area contributed by atoms with Gasteiger partial charge >= 0.3 is 0 Å². The average Bonchev–Trinajstić information content (AvgIpc) is 2.14. The van der Waals surface area contributed by atoms with Crippen molar-refractivity contribution in [1.29, 1.82) is 0 Å². The minimum atomic E-state index is -0.159. The van der Waals surface area contributed by atoms with E-state index in [4.69, 9.17) is 0 Å². The zero-order valence-corrected chi connectivity index (χ0v) is 5.15. The molecule has 1 fully saturated rings. The van der Waals surface area contributed by atoms with Crippen LogP contribution in [0, 0.1) is 11.8 Å². The Labute approximate surface area is 49.3 Å². The van der Waals surface area contributed by atoms with Gasteiger partial charge < -0.3 is 5.32 Å². The van der Waals surface area contributed by atoms with Crippen molar-refractivity contribution in [2.45, 2.75) is 6.92 Å². The molecule has 0 aromatic rings. The van der Waals surface area contributed by atoms with E-state index in [2.05, 4.69) is 12.2 Å². The predicted octanol–water partition coefficient (Wildman–Crippen LogP) is 0.811. The smallest absolute Gasteiger partial charge is 0.0937 e. The van der Waals surface area contributed by atoms with Crippen LogP contribution in [0.2, 0.25) is 0 Å². The number of hydrogen-bond acceptors (Lipinski definition) is 1.